The summed E-state index contributed by atoms with van der Waals surface area (Å²) in [5.74, 6) is -0.270. The fourth-order valence-electron chi connectivity index (χ4n) is 2.15. The predicted octanol–water partition coefficient (Wildman–Crippen LogP) is 2.71. The van der Waals surface area contributed by atoms with Crippen LogP contribution in [0.3, 0.4) is 0 Å². The van der Waals surface area contributed by atoms with E-state index in [0.29, 0.717) is 12.1 Å². The first-order valence-electron chi connectivity index (χ1n) is 6.76. The number of benzene rings is 1. The van der Waals surface area contributed by atoms with Crippen molar-refractivity contribution in [3.05, 3.63) is 47.0 Å². The first kappa shape index (κ1) is 18.5. The van der Waals surface area contributed by atoms with E-state index >= 15 is 0 Å². The lowest BCUT2D eigenvalue weighted by atomic mass is 10.1. The molecular weight excluding hydrogens is 317 g/mol. The van der Waals surface area contributed by atoms with E-state index < -0.39 is 11.7 Å². The van der Waals surface area contributed by atoms with Crippen LogP contribution in [0.15, 0.2) is 35.9 Å². The van der Waals surface area contributed by atoms with Crippen LogP contribution >= 0.6 is 12.4 Å². The van der Waals surface area contributed by atoms with Gasteiger partial charge in [-0.1, -0.05) is 29.8 Å². The van der Waals surface area contributed by atoms with E-state index in [1.54, 1.807) is 0 Å². The van der Waals surface area contributed by atoms with Crippen molar-refractivity contribution >= 4 is 18.3 Å². The zero-order valence-electron chi connectivity index (χ0n) is 11.9. The second kappa shape index (κ2) is 8.19. The molecule has 0 aromatic heterocycles. The molecule has 2 rings (SSSR count). The Morgan fingerprint density at radius 3 is 2.73 bits per heavy atom. The average molecular weight is 335 g/mol. The molecule has 7 heteroatoms. The number of halogens is 4. The molecule has 0 saturated heterocycles. The molecule has 1 aliphatic heterocycles. The number of carbonyl (C=O) groups excluding carboxylic acids is 1. The lowest BCUT2D eigenvalue weighted by Crippen LogP contribution is -2.30. The summed E-state index contributed by atoms with van der Waals surface area (Å²) in [6.07, 6.45) is -1.53. The van der Waals surface area contributed by atoms with Gasteiger partial charge in [0, 0.05) is 13.1 Å². The molecule has 0 saturated carbocycles. The van der Waals surface area contributed by atoms with Crippen LogP contribution in [0.5, 0.6) is 0 Å². The highest BCUT2D eigenvalue weighted by atomic mass is 35.5. The van der Waals surface area contributed by atoms with E-state index in [1.165, 1.54) is 12.1 Å². The maximum Gasteiger partial charge on any atom is 0.416 e. The summed E-state index contributed by atoms with van der Waals surface area (Å²) in [6.45, 7) is 2.13. The first-order valence-corrected chi connectivity index (χ1v) is 6.76. The van der Waals surface area contributed by atoms with Crippen molar-refractivity contribution < 1.29 is 18.0 Å². The molecule has 122 valence electrons. The minimum absolute atomic E-state index is 0. The van der Waals surface area contributed by atoms with E-state index in [9.17, 15) is 18.0 Å². The number of carbonyl (C=O) groups is 1. The van der Waals surface area contributed by atoms with Crippen molar-refractivity contribution in [2.45, 2.75) is 19.0 Å². The fraction of sp³-hybridized carbons (Fsp3) is 0.400. The fourth-order valence-corrected chi connectivity index (χ4v) is 2.15. The minimum atomic E-state index is -4.38. The Labute approximate surface area is 133 Å². The summed E-state index contributed by atoms with van der Waals surface area (Å²) in [7, 11) is 0. The van der Waals surface area contributed by atoms with Crippen molar-refractivity contribution in [3.8, 4) is 0 Å². The third kappa shape index (κ3) is 5.69. The second-order valence-corrected chi connectivity index (χ2v) is 4.97. The topological polar surface area (TPSA) is 41.1 Å². The lowest BCUT2D eigenvalue weighted by Gasteiger charge is -2.14. The molecule has 0 aliphatic carbocycles. The summed E-state index contributed by atoms with van der Waals surface area (Å²) >= 11 is 0. The quantitative estimate of drug-likeness (QED) is 0.831. The lowest BCUT2D eigenvalue weighted by molar-refractivity contribution is -0.137. The van der Waals surface area contributed by atoms with Gasteiger partial charge in [-0.05, 0) is 24.6 Å². The smallest absolute Gasteiger partial charge is 0.352 e. The van der Waals surface area contributed by atoms with Gasteiger partial charge in [0.2, 0.25) is 5.91 Å². The number of rotatable bonds is 4. The van der Waals surface area contributed by atoms with Crippen LogP contribution in [0, 0.1) is 0 Å². The van der Waals surface area contributed by atoms with Crippen LogP contribution in [-0.2, 0) is 17.4 Å². The summed E-state index contributed by atoms with van der Waals surface area (Å²) in [5.41, 5.74) is 0.779. The van der Waals surface area contributed by atoms with E-state index in [-0.39, 0.29) is 24.7 Å². The summed E-state index contributed by atoms with van der Waals surface area (Å²) in [6, 6.07) is 4.87. The molecule has 0 fully saturated rings. The molecule has 1 heterocycles. The van der Waals surface area contributed by atoms with Crippen LogP contribution < -0.4 is 10.6 Å². The van der Waals surface area contributed by atoms with Gasteiger partial charge in [-0.2, -0.15) is 13.2 Å². The van der Waals surface area contributed by atoms with E-state index in [0.717, 1.165) is 37.2 Å². The Bertz CT molecular complexity index is 544. The molecular formula is C15H18ClF3N2O. The molecule has 0 bridgehead atoms. The average Bonchev–Trinajstić information content (AvgIpc) is 2.46. The molecule has 0 spiro atoms. The summed E-state index contributed by atoms with van der Waals surface area (Å²) in [5, 5.41) is 5.91. The number of hydrogen-bond donors (Lipinski definition) is 2. The molecule has 3 nitrogen and oxygen atoms in total. The third-order valence-electron chi connectivity index (χ3n) is 3.29. The molecule has 1 aromatic carbocycles. The second-order valence-electron chi connectivity index (χ2n) is 4.97. The van der Waals surface area contributed by atoms with Gasteiger partial charge in [0.25, 0.3) is 0 Å². The van der Waals surface area contributed by atoms with Crippen molar-refractivity contribution in [1.29, 1.82) is 0 Å². The summed E-state index contributed by atoms with van der Waals surface area (Å²) < 4.78 is 37.7. The van der Waals surface area contributed by atoms with E-state index in [4.69, 9.17) is 0 Å². The molecule has 1 aromatic rings. The van der Waals surface area contributed by atoms with Gasteiger partial charge in [-0.25, -0.2) is 0 Å². The molecule has 0 radical (unpaired) electrons. The number of amides is 1. The van der Waals surface area contributed by atoms with Crippen LogP contribution in [0.1, 0.15) is 17.5 Å². The largest absolute Gasteiger partial charge is 0.416 e. The minimum Gasteiger partial charge on any atom is -0.352 e. The first-order chi connectivity index (χ1) is 9.95. The SMILES string of the molecule is Cl.O=C(Cc1cccc(C(F)(F)F)c1)NCC1=CCNCC1. The van der Waals surface area contributed by atoms with Crippen LogP contribution in [0.4, 0.5) is 13.2 Å². The van der Waals surface area contributed by atoms with Crippen LogP contribution in [0.2, 0.25) is 0 Å². The van der Waals surface area contributed by atoms with E-state index in [1.807, 2.05) is 6.08 Å². The van der Waals surface area contributed by atoms with Gasteiger partial charge >= 0.3 is 6.18 Å². The van der Waals surface area contributed by atoms with Crippen LogP contribution in [0.25, 0.3) is 0 Å². The van der Waals surface area contributed by atoms with Crippen molar-refractivity contribution in [2.75, 3.05) is 19.6 Å². The van der Waals surface area contributed by atoms with Gasteiger partial charge in [0.1, 0.15) is 0 Å². The Kier molecular flexibility index (Phi) is 6.90. The maximum absolute atomic E-state index is 12.6. The van der Waals surface area contributed by atoms with Gasteiger partial charge in [-0.15, -0.1) is 12.4 Å². The standard InChI is InChI=1S/C15H17F3N2O.ClH/c16-15(17,18)13-3-1-2-12(8-13)9-14(21)20-10-11-4-6-19-7-5-11;/h1-4,8,19H,5-7,9-10H2,(H,20,21);1H. The van der Waals surface area contributed by atoms with Gasteiger partial charge in [0.05, 0.1) is 12.0 Å². The zero-order valence-corrected chi connectivity index (χ0v) is 12.7. The Morgan fingerprint density at radius 1 is 1.32 bits per heavy atom. The van der Waals surface area contributed by atoms with Crippen LogP contribution in [-0.4, -0.2) is 25.5 Å². The molecule has 0 atom stereocenters. The summed E-state index contributed by atoms with van der Waals surface area (Å²) in [4.78, 5) is 11.8. The Hall–Kier alpha value is -1.53. The van der Waals surface area contributed by atoms with E-state index in [2.05, 4.69) is 10.6 Å². The predicted molar refractivity (Wildman–Crippen MR) is 81.0 cm³/mol. The van der Waals surface area contributed by atoms with Crippen molar-refractivity contribution in [1.82, 2.24) is 10.6 Å². The molecule has 2 N–H and O–H groups in total. The Balaban J connectivity index is 0.00000242. The Morgan fingerprint density at radius 2 is 2.09 bits per heavy atom. The van der Waals surface area contributed by atoms with Crippen molar-refractivity contribution in [2.24, 2.45) is 0 Å². The van der Waals surface area contributed by atoms with Crippen molar-refractivity contribution in [3.63, 3.8) is 0 Å². The third-order valence-corrected chi connectivity index (χ3v) is 3.29. The normalized spacial score (nSPS) is 14.8. The molecule has 1 amide bonds. The number of alkyl halides is 3. The number of nitrogens with one attached hydrogen (secondary N) is 2. The monoisotopic (exact) mass is 334 g/mol. The van der Waals surface area contributed by atoms with Gasteiger partial charge in [-0.3, -0.25) is 4.79 Å². The van der Waals surface area contributed by atoms with Gasteiger partial charge in [0.15, 0.2) is 0 Å². The highest BCUT2D eigenvalue weighted by Gasteiger charge is 2.30. The molecule has 1 aliphatic rings. The maximum atomic E-state index is 12.6. The molecule has 22 heavy (non-hydrogen) atoms. The zero-order chi connectivity index (χ0) is 15.3. The highest BCUT2D eigenvalue weighted by molar-refractivity contribution is 5.85. The molecule has 0 unspecified atom stereocenters. The van der Waals surface area contributed by atoms with Gasteiger partial charge < -0.3 is 10.6 Å². The highest BCUT2D eigenvalue weighted by Crippen LogP contribution is 2.29. The number of hydrogen-bond acceptors (Lipinski definition) is 2.